The molecule has 2 N–H and O–H groups in total. The molecule has 0 saturated carbocycles. The number of carbonyl (C=O) groups is 1. The molecule has 42 valence electrons. The molecule has 0 saturated heterocycles. The van der Waals surface area contributed by atoms with Crippen LogP contribution in [0.4, 0.5) is 0 Å². The maximum Gasteiger partial charge on any atom is 0.532 e. The van der Waals surface area contributed by atoms with Crippen molar-refractivity contribution in [3.8, 4) is 0 Å². The van der Waals surface area contributed by atoms with Crippen molar-refractivity contribution in [3.63, 3.8) is 0 Å². The van der Waals surface area contributed by atoms with Crippen LogP contribution in [0.15, 0.2) is 0 Å². The lowest BCUT2D eigenvalue weighted by atomic mass is 10.2. The molecule has 0 bridgehead atoms. The lowest BCUT2D eigenvalue weighted by molar-refractivity contribution is -0.138. The first-order valence-corrected chi connectivity index (χ1v) is 2.69. The Morgan fingerprint density at radius 2 is 1.86 bits per heavy atom. The molecular weight excluding hydrogens is 160 g/mol. The Hall–Kier alpha value is -0.0500. The van der Waals surface area contributed by atoms with Crippen molar-refractivity contribution >= 4 is 21.9 Å². The minimum atomic E-state index is -0.660. The van der Waals surface area contributed by atoms with Crippen molar-refractivity contribution in [1.82, 2.24) is 0 Å². The molecule has 0 aliphatic rings. The van der Waals surface area contributed by atoms with E-state index in [1.807, 2.05) is 0 Å². The maximum absolute atomic E-state index is 10.1. The SMILES string of the molecule is CC(C)(Br)C(=O)[OH2+]. The number of hydrogen-bond acceptors (Lipinski definition) is 1. The highest BCUT2D eigenvalue weighted by molar-refractivity contribution is 9.10. The summed E-state index contributed by atoms with van der Waals surface area (Å²) in [6.45, 7) is 3.28. The number of carbonyl (C=O) groups excluding carboxylic acids is 1. The normalized spacial score (nSPS) is 11.3. The molecule has 0 atom stereocenters. The van der Waals surface area contributed by atoms with E-state index in [0.29, 0.717) is 0 Å². The van der Waals surface area contributed by atoms with Gasteiger partial charge < -0.3 is 5.11 Å². The Morgan fingerprint density at radius 1 is 1.71 bits per heavy atom. The van der Waals surface area contributed by atoms with Crippen LogP contribution in [-0.4, -0.2) is 15.4 Å². The van der Waals surface area contributed by atoms with E-state index in [1.165, 1.54) is 0 Å². The number of hydrogen-bond donors (Lipinski definition) is 0. The summed E-state index contributed by atoms with van der Waals surface area (Å²) in [6, 6.07) is 0. The zero-order valence-electron chi connectivity index (χ0n) is 4.29. The third-order valence-corrected chi connectivity index (χ3v) is 0.900. The smallest absolute Gasteiger partial charge is 0.532 e. The van der Waals surface area contributed by atoms with Crippen LogP contribution >= 0.6 is 15.9 Å². The molecule has 0 unspecified atom stereocenters. The van der Waals surface area contributed by atoms with Gasteiger partial charge in [-0.05, 0) is 13.8 Å². The molecule has 0 radical (unpaired) electrons. The summed E-state index contributed by atoms with van der Waals surface area (Å²) in [4.78, 5) is 10.1. The summed E-state index contributed by atoms with van der Waals surface area (Å²) in [5.74, 6) is -0.590. The van der Waals surface area contributed by atoms with Gasteiger partial charge in [0.2, 0.25) is 0 Å². The van der Waals surface area contributed by atoms with Crippen LogP contribution < -0.4 is 0 Å². The molecule has 0 fully saturated rings. The summed E-state index contributed by atoms with van der Waals surface area (Å²) in [5.41, 5.74) is 0. The van der Waals surface area contributed by atoms with E-state index in [4.69, 9.17) is 5.11 Å². The van der Waals surface area contributed by atoms with Crippen molar-refractivity contribution in [2.75, 3.05) is 0 Å². The summed E-state index contributed by atoms with van der Waals surface area (Å²) in [7, 11) is 0. The van der Waals surface area contributed by atoms with Crippen molar-refractivity contribution in [2.45, 2.75) is 18.2 Å². The lowest BCUT2D eigenvalue weighted by Crippen LogP contribution is -2.22. The molecule has 0 heterocycles. The Bertz CT molecular complexity index is 82.2. The maximum atomic E-state index is 10.1. The van der Waals surface area contributed by atoms with E-state index >= 15 is 0 Å². The summed E-state index contributed by atoms with van der Waals surface area (Å²) >= 11 is 3.01. The van der Waals surface area contributed by atoms with E-state index in [1.54, 1.807) is 13.8 Å². The van der Waals surface area contributed by atoms with Crippen molar-refractivity contribution in [2.24, 2.45) is 0 Å². The summed E-state index contributed by atoms with van der Waals surface area (Å²) in [5, 5.41) is 6.54. The second kappa shape index (κ2) is 1.82. The first-order valence-electron chi connectivity index (χ1n) is 1.89. The van der Waals surface area contributed by atoms with E-state index in [9.17, 15) is 4.79 Å². The second-order valence-corrected chi connectivity index (χ2v) is 3.78. The van der Waals surface area contributed by atoms with Gasteiger partial charge in [0.25, 0.3) is 0 Å². The molecule has 0 amide bonds. The number of alkyl halides is 1. The Labute approximate surface area is 50.7 Å². The first kappa shape index (κ1) is 6.95. The van der Waals surface area contributed by atoms with Gasteiger partial charge in [-0.3, -0.25) is 0 Å². The van der Waals surface area contributed by atoms with Crippen LogP contribution in [-0.2, 0) is 4.79 Å². The van der Waals surface area contributed by atoms with Gasteiger partial charge in [0, 0.05) is 4.79 Å². The monoisotopic (exact) mass is 167 g/mol. The minimum absolute atomic E-state index is 0.590. The molecule has 0 spiro atoms. The number of halogens is 1. The first-order chi connectivity index (χ1) is 2.94. The Balaban J connectivity index is 3.79. The van der Waals surface area contributed by atoms with Crippen LogP contribution in [0, 0.1) is 0 Å². The largest absolute Gasteiger partial charge is 0.564 e. The van der Waals surface area contributed by atoms with E-state index in [-0.39, 0.29) is 0 Å². The minimum Gasteiger partial charge on any atom is -0.564 e. The number of rotatable bonds is 1. The van der Waals surface area contributed by atoms with Gasteiger partial charge in [-0.25, -0.2) is 0 Å². The molecule has 0 rings (SSSR count). The van der Waals surface area contributed by atoms with Gasteiger partial charge in [0.15, 0.2) is 4.32 Å². The summed E-state index contributed by atoms with van der Waals surface area (Å²) in [6.07, 6.45) is 0. The molecule has 7 heavy (non-hydrogen) atoms. The predicted octanol–water partition coefficient (Wildman–Crippen LogP) is 0.411. The van der Waals surface area contributed by atoms with Gasteiger partial charge in [0.1, 0.15) is 0 Å². The highest BCUT2D eigenvalue weighted by atomic mass is 79.9. The van der Waals surface area contributed by atoms with E-state index in [2.05, 4.69) is 15.9 Å². The zero-order valence-corrected chi connectivity index (χ0v) is 5.87. The van der Waals surface area contributed by atoms with Crippen LogP contribution in [0.2, 0.25) is 0 Å². The fourth-order valence-electron chi connectivity index (χ4n) is 0. The fraction of sp³-hybridized carbons (Fsp3) is 0.750. The topological polar surface area (TPSA) is 40.0 Å². The lowest BCUT2D eigenvalue weighted by Gasteiger charge is -1.99. The predicted molar refractivity (Wildman–Crippen MR) is 31.6 cm³/mol. The zero-order chi connectivity index (χ0) is 6.08. The van der Waals surface area contributed by atoms with E-state index in [0.717, 1.165) is 0 Å². The highest BCUT2D eigenvalue weighted by Gasteiger charge is 2.30. The van der Waals surface area contributed by atoms with Crippen LogP contribution in [0.25, 0.3) is 0 Å². The Morgan fingerprint density at radius 3 is 1.86 bits per heavy atom. The third-order valence-electron chi connectivity index (χ3n) is 0.540. The van der Waals surface area contributed by atoms with Gasteiger partial charge in [-0.2, -0.15) is 0 Å². The van der Waals surface area contributed by atoms with Gasteiger partial charge in [0.05, 0.1) is 0 Å². The molecular formula is C4H8BrO2+. The fourth-order valence-corrected chi connectivity index (χ4v) is 0. The molecule has 3 heteroatoms. The van der Waals surface area contributed by atoms with Crippen LogP contribution in [0.5, 0.6) is 0 Å². The second-order valence-electron chi connectivity index (χ2n) is 1.80. The van der Waals surface area contributed by atoms with Gasteiger partial charge in [-0.15, -0.1) is 0 Å². The molecule has 0 aliphatic carbocycles. The average molecular weight is 168 g/mol. The highest BCUT2D eigenvalue weighted by Crippen LogP contribution is 2.14. The van der Waals surface area contributed by atoms with Crippen molar-refractivity contribution in [1.29, 1.82) is 0 Å². The van der Waals surface area contributed by atoms with Crippen LogP contribution in [0.3, 0.4) is 0 Å². The molecule has 0 aromatic rings. The Kier molecular flexibility index (Phi) is 1.81. The van der Waals surface area contributed by atoms with Crippen molar-refractivity contribution < 1.29 is 9.90 Å². The molecule has 0 aliphatic heterocycles. The third kappa shape index (κ3) is 2.62. The standard InChI is InChI=1S/C4H7BrO2/c1-4(2,5)3(6)7/h1-2H3,(H,6,7)/p+1. The average Bonchev–Trinajstić information content (AvgIpc) is 1.31. The van der Waals surface area contributed by atoms with Crippen LogP contribution in [0.1, 0.15) is 13.8 Å². The van der Waals surface area contributed by atoms with E-state index < -0.39 is 10.3 Å². The van der Waals surface area contributed by atoms with Gasteiger partial charge >= 0.3 is 5.97 Å². The molecule has 0 aromatic heterocycles. The van der Waals surface area contributed by atoms with Crippen molar-refractivity contribution in [3.05, 3.63) is 0 Å². The molecule has 0 aromatic carbocycles. The quantitative estimate of drug-likeness (QED) is 0.412. The van der Waals surface area contributed by atoms with Gasteiger partial charge in [-0.1, -0.05) is 15.9 Å². The summed E-state index contributed by atoms with van der Waals surface area (Å²) < 4.78 is -0.660. The molecule has 2 nitrogen and oxygen atoms in total.